The molecule has 2 N–H and O–H groups in total. The van der Waals surface area contributed by atoms with Gasteiger partial charge in [0.25, 0.3) is 0 Å². The first kappa shape index (κ1) is 27.8. The minimum atomic E-state index is -1.08. The van der Waals surface area contributed by atoms with E-state index in [1.165, 1.54) is 22.4 Å². The lowest BCUT2D eigenvalue weighted by Gasteiger charge is -2.33. The van der Waals surface area contributed by atoms with Gasteiger partial charge in [0, 0.05) is 40.2 Å². The second-order valence-electron chi connectivity index (χ2n) is 10.9. The zero-order chi connectivity index (χ0) is 27.8. The predicted octanol–water partition coefficient (Wildman–Crippen LogP) is 4.68. The number of ether oxygens (including phenoxy) is 1. The smallest absolute Gasteiger partial charge is 0.413 e. The highest BCUT2D eigenvalue weighted by molar-refractivity contribution is 7.97. The summed E-state index contributed by atoms with van der Waals surface area (Å²) < 4.78 is 10.3. The fourth-order valence-corrected chi connectivity index (χ4v) is 5.63. The van der Waals surface area contributed by atoms with E-state index in [4.69, 9.17) is 19.3 Å². The van der Waals surface area contributed by atoms with Gasteiger partial charge in [-0.05, 0) is 76.7 Å². The molecule has 0 radical (unpaired) electrons. The zero-order valence-corrected chi connectivity index (χ0v) is 24.2. The number of hydrogen-bond acceptors (Lipinski definition) is 8. The van der Waals surface area contributed by atoms with Crippen molar-refractivity contribution in [2.75, 3.05) is 13.7 Å². The third kappa shape index (κ3) is 5.49. The Hall–Kier alpha value is -3.18. The van der Waals surface area contributed by atoms with Crippen LogP contribution in [0.25, 0.3) is 11.3 Å². The highest BCUT2D eigenvalue weighted by Crippen LogP contribution is 2.39. The maximum atomic E-state index is 12.5. The van der Waals surface area contributed by atoms with Gasteiger partial charge in [0.1, 0.15) is 18.0 Å². The molecule has 2 aliphatic heterocycles. The van der Waals surface area contributed by atoms with Crippen LogP contribution in [0.5, 0.6) is 5.75 Å². The largest absolute Gasteiger partial charge is 0.496 e. The number of carbonyl (C=O) groups is 1. The van der Waals surface area contributed by atoms with Gasteiger partial charge in [0.15, 0.2) is 5.84 Å². The van der Waals surface area contributed by atoms with E-state index in [2.05, 4.69) is 30.2 Å². The van der Waals surface area contributed by atoms with E-state index in [1.54, 1.807) is 18.1 Å². The van der Waals surface area contributed by atoms with Crippen molar-refractivity contribution in [3.63, 3.8) is 0 Å². The molecule has 38 heavy (non-hydrogen) atoms. The summed E-state index contributed by atoms with van der Waals surface area (Å²) >= 11 is 1.35. The standard InChI is InChI=1S/C27H37N7O3S/c1-15(2)28-10-9-18-11-20-22-19(18)14-38-32-25(34(26(35)36)27(5,6)7)23(22)31-33(30-20)13-21-17(4)24(37-8)16(3)12-29-21/h11-12,15,28H,9-10,13-14H2,1-8H3,(H,35,36). The minimum absolute atomic E-state index is 0.305. The molecule has 0 bridgehead atoms. The molecule has 1 amide bonds. The molecule has 0 atom stereocenters. The molecular formula is C27H37N7O3S. The van der Waals surface area contributed by atoms with Crippen LogP contribution in [0.4, 0.5) is 4.79 Å². The molecule has 0 aromatic carbocycles. The van der Waals surface area contributed by atoms with Crippen LogP contribution in [0, 0.1) is 13.8 Å². The number of carboxylic acid groups (broad SMARTS) is 1. The summed E-state index contributed by atoms with van der Waals surface area (Å²) in [5.41, 5.74) is 6.38. The maximum absolute atomic E-state index is 12.5. The van der Waals surface area contributed by atoms with E-state index < -0.39 is 11.6 Å². The van der Waals surface area contributed by atoms with Crippen molar-refractivity contribution < 1.29 is 14.6 Å². The summed E-state index contributed by atoms with van der Waals surface area (Å²) in [6.45, 7) is 14.9. The second kappa shape index (κ2) is 10.9. The number of rotatable bonds is 7. The molecular weight excluding hydrogens is 502 g/mol. The summed E-state index contributed by atoms with van der Waals surface area (Å²) in [6.07, 6.45) is 1.54. The Morgan fingerprint density at radius 1 is 1.29 bits per heavy atom. The molecule has 0 unspecified atom stereocenters. The van der Waals surface area contributed by atoms with Crippen LogP contribution < -0.4 is 10.1 Å². The molecule has 10 nitrogen and oxygen atoms in total. The molecule has 0 saturated carbocycles. The van der Waals surface area contributed by atoms with Crippen LogP contribution in [0.1, 0.15) is 68.3 Å². The zero-order valence-electron chi connectivity index (χ0n) is 23.4. The summed E-state index contributed by atoms with van der Waals surface area (Å²) in [5, 5.41) is 23.4. The highest BCUT2D eigenvalue weighted by atomic mass is 32.2. The number of nitrogens with zero attached hydrogens (tertiary/aromatic N) is 6. The Labute approximate surface area is 228 Å². The molecule has 11 heteroatoms. The van der Waals surface area contributed by atoms with Crippen molar-refractivity contribution in [3.8, 4) is 17.0 Å². The average molecular weight is 540 g/mol. The minimum Gasteiger partial charge on any atom is -0.496 e. The van der Waals surface area contributed by atoms with Crippen molar-refractivity contribution in [1.82, 2.24) is 30.2 Å². The number of aromatic nitrogens is 4. The monoisotopic (exact) mass is 539 g/mol. The molecule has 0 spiro atoms. The SMILES string of the molecule is COc1c(C)cnc(Cn2nc3cc(CCNC(C)C)c4c-3c(n2)C(N(C(=O)O)C(C)(C)C)=NSC4)c1C. The van der Waals surface area contributed by atoms with Gasteiger partial charge in [0.2, 0.25) is 0 Å². The second-order valence-corrected chi connectivity index (χ2v) is 11.6. The predicted molar refractivity (Wildman–Crippen MR) is 150 cm³/mol. The van der Waals surface area contributed by atoms with Gasteiger partial charge in [-0.3, -0.25) is 9.88 Å². The highest BCUT2D eigenvalue weighted by Gasteiger charge is 2.37. The number of nitrogens with one attached hydrogen (secondary N) is 1. The number of amides is 1. The van der Waals surface area contributed by atoms with Crippen molar-refractivity contribution >= 4 is 23.9 Å². The summed E-state index contributed by atoms with van der Waals surface area (Å²) in [4.78, 5) is 20.0. The molecule has 0 saturated heterocycles. The lowest BCUT2D eigenvalue weighted by Crippen LogP contribution is -2.49. The van der Waals surface area contributed by atoms with Crippen molar-refractivity contribution in [2.45, 2.75) is 78.8 Å². The summed E-state index contributed by atoms with van der Waals surface area (Å²) in [7, 11) is 1.65. The quantitative estimate of drug-likeness (QED) is 0.416. The first-order chi connectivity index (χ1) is 17.9. The summed E-state index contributed by atoms with van der Waals surface area (Å²) in [6, 6.07) is 2.49. The maximum Gasteiger partial charge on any atom is 0.413 e. The Kier molecular flexibility index (Phi) is 7.98. The van der Waals surface area contributed by atoms with E-state index in [-0.39, 0.29) is 0 Å². The van der Waals surface area contributed by atoms with Crippen LogP contribution in [0.2, 0.25) is 0 Å². The third-order valence-electron chi connectivity index (χ3n) is 6.57. The normalized spacial score (nSPS) is 13.6. The Morgan fingerprint density at radius 3 is 2.66 bits per heavy atom. The van der Waals surface area contributed by atoms with E-state index >= 15 is 0 Å². The molecule has 3 aliphatic rings. The Morgan fingerprint density at radius 2 is 2.03 bits per heavy atom. The molecule has 1 aliphatic carbocycles. The number of aryl methyl sites for hydroxylation is 1. The van der Waals surface area contributed by atoms with Crippen LogP contribution >= 0.6 is 11.9 Å². The molecule has 1 aromatic rings. The topological polar surface area (TPSA) is 118 Å². The number of methoxy groups -OCH3 is 1. The third-order valence-corrected chi connectivity index (χ3v) is 7.29. The molecule has 0 fully saturated rings. The van der Waals surface area contributed by atoms with E-state index in [0.717, 1.165) is 52.4 Å². The lowest BCUT2D eigenvalue weighted by atomic mass is 10.0. The van der Waals surface area contributed by atoms with E-state index in [0.29, 0.717) is 29.9 Å². The van der Waals surface area contributed by atoms with Crippen LogP contribution in [0.3, 0.4) is 0 Å². The first-order valence-corrected chi connectivity index (χ1v) is 13.7. The first-order valence-electron chi connectivity index (χ1n) is 12.8. The van der Waals surface area contributed by atoms with Crippen molar-refractivity contribution in [3.05, 3.63) is 45.9 Å². The Bertz CT molecular complexity index is 1340. The number of amidine groups is 1. The molecule has 4 rings (SSSR count). The lowest BCUT2D eigenvalue weighted by molar-refractivity contribution is 0.141. The van der Waals surface area contributed by atoms with E-state index in [1.807, 2.05) is 34.6 Å². The van der Waals surface area contributed by atoms with Gasteiger partial charge in [-0.15, -0.1) is 0 Å². The fourth-order valence-electron chi connectivity index (χ4n) is 4.81. The van der Waals surface area contributed by atoms with Gasteiger partial charge in [-0.1, -0.05) is 13.8 Å². The molecule has 204 valence electrons. The van der Waals surface area contributed by atoms with Gasteiger partial charge in [-0.25, -0.2) is 4.79 Å². The van der Waals surface area contributed by atoms with Crippen LogP contribution in [-0.2, 0) is 18.7 Å². The number of pyridine rings is 1. The molecule has 3 heterocycles. The number of hydrogen-bond donors (Lipinski definition) is 2. The van der Waals surface area contributed by atoms with Gasteiger partial charge in [0.05, 0.1) is 18.5 Å². The van der Waals surface area contributed by atoms with Crippen molar-refractivity contribution in [2.24, 2.45) is 4.40 Å². The van der Waals surface area contributed by atoms with Crippen molar-refractivity contribution in [1.29, 1.82) is 0 Å². The summed E-state index contributed by atoms with van der Waals surface area (Å²) in [5.74, 6) is 1.73. The Balaban J connectivity index is 1.88. The van der Waals surface area contributed by atoms with Crippen LogP contribution in [-0.4, -0.2) is 67.1 Å². The fraction of sp³-hybridized carbons (Fsp3) is 0.519. The van der Waals surface area contributed by atoms with Gasteiger partial charge >= 0.3 is 6.09 Å². The van der Waals surface area contributed by atoms with Gasteiger partial charge in [-0.2, -0.15) is 19.4 Å². The van der Waals surface area contributed by atoms with Crippen LogP contribution in [0.15, 0.2) is 16.7 Å². The average Bonchev–Trinajstić information content (AvgIpc) is 3.04. The van der Waals surface area contributed by atoms with E-state index in [9.17, 15) is 9.90 Å². The molecule has 1 aromatic heterocycles. The van der Waals surface area contributed by atoms with Gasteiger partial charge < -0.3 is 15.2 Å².